The highest BCUT2D eigenvalue weighted by Gasteiger charge is 2.16. The van der Waals surface area contributed by atoms with Crippen molar-refractivity contribution in [3.63, 3.8) is 0 Å². The number of carbonyl (C=O) groups is 1. The molecule has 0 radical (unpaired) electrons. The van der Waals surface area contributed by atoms with Crippen LogP contribution in [0.25, 0.3) is 16.7 Å². The first-order valence-electron chi connectivity index (χ1n) is 9.10. The minimum atomic E-state index is -0.140. The summed E-state index contributed by atoms with van der Waals surface area (Å²) in [6.45, 7) is 2.06. The lowest BCUT2D eigenvalue weighted by Crippen LogP contribution is -2.21. The first-order chi connectivity index (χ1) is 14.0. The minimum absolute atomic E-state index is 0.140. The number of aromatic nitrogens is 4. The number of anilines is 1. The molecule has 0 fully saturated rings. The van der Waals surface area contributed by atoms with Crippen molar-refractivity contribution in [2.75, 3.05) is 11.6 Å². The molecule has 29 heavy (non-hydrogen) atoms. The predicted octanol–water partition coefficient (Wildman–Crippen LogP) is 4.69. The van der Waals surface area contributed by atoms with Gasteiger partial charge in [-0.25, -0.2) is 9.67 Å². The van der Waals surface area contributed by atoms with Gasteiger partial charge in [-0.15, -0.1) is 0 Å². The van der Waals surface area contributed by atoms with Crippen molar-refractivity contribution in [3.05, 3.63) is 71.1 Å². The summed E-state index contributed by atoms with van der Waals surface area (Å²) in [5, 5.41) is 8.09. The summed E-state index contributed by atoms with van der Waals surface area (Å²) in [6, 6.07) is 17.1. The first-order valence-corrected chi connectivity index (χ1v) is 10.9. The zero-order valence-corrected chi connectivity index (χ0v) is 17.7. The highest BCUT2D eigenvalue weighted by atomic mass is 35.5. The van der Waals surface area contributed by atoms with Crippen molar-refractivity contribution >= 4 is 46.1 Å². The van der Waals surface area contributed by atoms with Crippen LogP contribution in [0.5, 0.6) is 0 Å². The fourth-order valence-corrected chi connectivity index (χ4v) is 3.92. The van der Waals surface area contributed by atoms with Gasteiger partial charge in [0.1, 0.15) is 18.2 Å². The number of aryl methyl sites for hydroxylation is 1. The van der Waals surface area contributed by atoms with Crippen molar-refractivity contribution in [2.24, 2.45) is 0 Å². The van der Waals surface area contributed by atoms with Crippen LogP contribution in [0.4, 0.5) is 5.82 Å². The van der Waals surface area contributed by atoms with Crippen molar-refractivity contribution < 1.29 is 4.79 Å². The number of hydrogen-bond acceptors (Lipinski definition) is 4. The van der Waals surface area contributed by atoms with Crippen LogP contribution in [0.15, 0.2) is 54.6 Å². The van der Waals surface area contributed by atoms with Crippen LogP contribution in [0, 0.1) is 6.92 Å². The van der Waals surface area contributed by atoms with E-state index in [2.05, 4.69) is 15.4 Å². The molecule has 0 aliphatic heterocycles. The fourth-order valence-electron chi connectivity index (χ4n) is 3.26. The van der Waals surface area contributed by atoms with E-state index < -0.39 is 0 Å². The van der Waals surface area contributed by atoms with E-state index in [0.29, 0.717) is 10.8 Å². The van der Waals surface area contributed by atoms with E-state index >= 15 is 0 Å². The number of amides is 1. The highest BCUT2D eigenvalue weighted by molar-refractivity contribution is 7.97. The molecule has 2 heterocycles. The van der Waals surface area contributed by atoms with Gasteiger partial charge in [0.15, 0.2) is 0 Å². The van der Waals surface area contributed by atoms with E-state index in [0.717, 1.165) is 34.0 Å². The Hall–Kier alpha value is -2.77. The minimum Gasteiger partial charge on any atom is -0.318 e. The molecule has 0 aliphatic rings. The van der Waals surface area contributed by atoms with Gasteiger partial charge in [-0.05, 0) is 43.5 Å². The van der Waals surface area contributed by atoms with Crippen LogP contribution in [0.2, 0.25) is 5.02 Å². The third kappa shape index (κ3) is 4.16. The van der Waals surface area contributed by atoms with Gasteiger partial charge in [0.25, 0.3) is 0 Å². The number of thioether (sulfide) groups is 1. The second-order valence-electron chi connectivity index (χ2n) is 6.65. The number of benzene rings is 2. The number of para-hydroxylation sites is 2. The third-order valence-corrected chi connectivity index (χ3v) is 5.24. The van der Waals surface area contributed by atoms with Gasteiger partial charge in [-0.2, -0.15) is 16.9 Å². The fraction of sp³-hybridized carbons (Fsp3) is 0.190. The van der Waals surface area contributed by atoms with Crippen LogP contribution in [0.1, 0.15) is 11.5 Å². The average molecular weight is 426 g/mol. The molecule has 0 saturated heterocycles. The Morgan fingerprint density at radius 2 is 2.00 bits per heavy atom. The Kier molecular flexibility index (Phi) is 5.60. The zero-order valence-electron chi connectivity index (χ0n) is 16.1. The number of rotatable bonds is 6. The van der Waals surface area contributed by atoms with Crippen LogP contribution >= 0.6 is 23.4 Å². The zero-order chi connectivity index (χ0) is 20.4. The molecule has 0 spiro atoms. The van der Waals surface area contributed by atoms with Crippen molar-refractivity contribution in [1.29, 1.82) is 0 Å². The summed E-state index contributed by atoms with van der Waals surface area (Å²) in [5.41, 5.74) is 3.43. The number of halogens is 1. The molecule has 2 aromatic carbocycles. The molecule has 0 unspecified atom stereocenters. The summed E-state index contributed by atoms with van der Waals surface area (Å²) in [4.78, 5) is 17.6. The summed E-state index contributed by atoms with van der Waals surface area (Å²) in [6.07, 6.45) is 2.02. The smallest absolute Gasteiger partial charge is 0.245 e. The van der Waals surface area contributed by atoms with Crippen molar-refractivity contribution in [3.8, 4) is 5.69 Å². The number of fused-ring (bicyclic) bond motifs is 1. The molecule has 0 aliphatic carbocycles. The maximum absolute atomic E-state index is 12.9. The van der Waals surface area contributed by atoms with Gasteiger partial charge in [0.05, 0.1) is 28.2 Å². The van der Waals surface area contributed by atoms with Crippen molar-refractivity contribution in [2.45, 2.75) is 19.2 Å². The van der Waals surface area contributed by atoms with Crippen LogP contribution in [0.3, 0.4) is 0 Å². The Morgan fingerprint density at radius 3 is 2.79 bits per heavy atom. The monoisotopic (exact) mass is 425 g/mol. The molecule has 4 aromatic rings. The molecule has 2 aromatic heterocycles. The van der Waals surface area contributed by atoms with Gasteiger partial charge >= 0.3 is 0 Å². The van der Waals surface area contributed by atoms with E-state index in [1.54, 1.807) is 22.5 Å². The molecule has 6 nitrogen and oxygen atoms in total. The second kappa shape index (κ2) is 8.31. The summed E-state index contributed by atoms with van der Waals surface area (Å²) in [7, 11) is 0. The highest BCUT2D eigenvalue weighted by Crippen LogP contribution is 2.22. The molecule has 4 rings (SSSR count). The molecule has 0 bridgehead atoms. The number of imidazole rings is 1. The van der Waals surface area contributed by atoms with Crippen LogP contribution in [-0.2, 0) is 17.1 Å². The molecule has 1 amide bonds. The van der Waals surface area contributed by atoms with E-state index in [4.69, 9.17) is 11.6 Å². The first kappa shape index (κ1) is 19.5. The van der Waals surface area contributed by atoms with Crippen LogP contribution < -0.4 is 5.32 Å². The number of hydrogen-bond donors (Lipinski definition) is 1. The van der Waals surface area contributed by atoms with Gasteiger partial charge in [-0.3, -0.25) is 4.79 Å². The van der Waals surface area contributed by atoms with Gasteiger partial charge in [0.2, 0.25) is 5.91 Å². The van der Waals surface area contributed by atoms with E-state index in [-0.39, 0.29) is 12.5 Å². The topological polar surface area (TPSA) is 64.7 Å². The largest absolute Gasteiger partial charge is 0.318 e. The van der Waals surface area contributed by atoms with Crippen LogP contribution in [-0.4, -0.2) is 31.5 Å². The van der Waals surface area contributed by atoms with E-state index in [9.17, 15) is 4.79 Å². The average Bonchev–Trinajstić information content (AvgIpc) is 3.22. The number of carbonyl (C=O) groups excluding carboxylic acids is 1. The maximum Gasteiger partial charge on any atom is 0.245 e. The van der Waals surface area contributed by atoms with Gasteiger partial charge < -0.3 is 9.88 Å². The summed E-state index contributed by atoms with van der Waals surface area (Å²) < 4.78 is 3.65. The Morgan fingerprint density at radius 1 is 1.17 bits per heavy atom. The molecule has 148 valence electrons. The van der Waals surface area contributed by atoms with E-state index in [1.165, 1.54) is 0 Å². The maximum atomic E-state index is 12.9. The standard InChI is InChI=1S/C21H20ClN5OS/c1-14-10-19(27(25-14)16-7-5-6-15(22)11-16)24-21(28)12-26-18-9-4-3-8-17(18)23-20(26)13-29-2/h3-11H,12-13H2,1-2H3,(H,24,28). The lowest BCUT2D eigenvalue weighted by molar-refractivity contribution is -0.116. The Balaban J connectivity index is 1.62. The number of nitrogens with zero attached hydrogens (tertiary/aromatic N) is 4. The summed E-state index contributed by atoms with van der Waals surface area (Å²) >= 11 is 7.79. The predicted molar refractivity (Wildman–Crippen MR) is 119 cm³/mol. The SMILES string of the molecule is CSCc1nc2ccccc2n1CC(=O)Nc1cc(C)nn1-c1cccc(Cl)c1. The Bertz CT molecular complexity index is 1180. The quantitative estimate of drug-likeness (QED) is 0.487. The Labute approximate surface area is 177 Å². The van der Waals surface area contributed by atoms with E-state index in [1.807, 2.05) is 66.3 Å². The third-order valence-electron chi connectivity index (χ3n) is 4.46. The van der Waals surface area contributed by atoms with Crippen molar-refractivity contribution in [1.82, 2.24) is 19.3 Å². The molecular weight excluding hydrogens is 406 g/mol. The lowest BCUT2D eigenvalue weighted by atomic mass is 10.3. The molecule has 1 N–H and O–H groups in total. The molecule has 0 saturated carbocycles. The molecule has 8 heteroatoms. The normalized spacial score (nSPS) is 11.1. The lowest BCUT2D eigenvalue weighted by Gasteiger charge is -2.11. The van der Waals surface area contributed by atoms with Gasteiger partial charge in [0, 0.05) is 11.1 Å². The summed E-state index contributed by atoms with van der Waals surface area (Å²) in [5.74, 6) is 2.08. The van der Waals surface area contributed by atoms with Gasteiger partial charge in [-0.1, -0.05) is 29.8 Å². The number of nitrogens with one attached hydrogen (secondary N) is 1. The second-order valence-corrected chi connectivity index (χ2v) is 7.95. The molecule has 0 atom stereocenters. The molecular formula is C21H20ClN5OS.